The monoisotopic (exact) mass is 488 g/mol. The maximum Gasteiger partial charge on any atom is 0.209 e. The number of nitrogen functional groups attached to an aromatic ring is 1. The van der Waals surface area contributed by atoms with Gasteiger partial charge in [-0.2, -0.15) is 0 Å². The lowest BCUT2D eigenvalue weighted by molar-refractivity contribution is -0.119. The fourth-order valence-corrected chi connectivity index (χ4v) is 4.61. The van der Waals surface area contributed by atoms with Gasteiger partial charge in [-0.25, -0.2) is 4.98 Å². The molecule has 3 N–H and O–H groups in total. The molecular formula is C29H40N6O. The molecule has 2 aliphatic rings. The zero-order chi connectivity index (χ0) is 26.1. The second kappa shape index (κ2) is 13.1. The van der Waals surface area contributed by atoms with Gasteiger partial charge >= 0.3 is 0 Å². The molecule has 1 aromatic carbocycles. The number of carbonyl (C=O) groups is 1. The van der Waals surface area contributed by atoms with Crippen molar-refractivity contribution in [3.8, 4) is 0 Å². The molecule has 1 aromatic heterocycles. The first-order valence-electron chi connectivity index (χ1n) is 12.9. The van der Waals surface area contributed by atoms with E-state index in [1.54, 1.807) is 4.90 Å². The van der Waals surface area contributed by atoms with Gasteiger partial charge in [0.25, 0.3) is 0 Å². The van der Waals surface area contributed by atoms with Gasteiger partial charge in [0.15, 0.2) is 0 Å². The SMILES string of the molecule is CN1CCN(C=O)CC1.C\C=C(C)/C=N/C(=C/CC)c1nc2ccc(N)c(C=N)c2c2c1CCCC2. The number of amides is 1. The molecule has 0 saturated carbocycles. The van der Waals surface area contributed by atoms with Crippen LogP contribution in [0.4, 0.5) is 5.69 Å². The van der Waals surface area contributed by atoms with E-state index in [2.05, 4.69) is 37.9 Å². The first-order chi connectivity index (χ1) is 17.4. The summed E-state index contributed by atoms with van der Waals surface area (Å²) in [7, 11) is 2.07. The highest BCUT2D eigenvalue weighted by Gasteiger charge is 2.22. The average molecular weight is 489 g/mol. The Labute approximate surface area is 215 Å². The highest BCUT2D eigenvalue weighted by atomic mass is 16.1. The Balaban J connectivity index is 0.000000338. The predicted octanol–water partition coefficient (Wildman–Crippen LogP) is 4.87. The summed E-state index contributed by atoms with van der Waals surface area (Å²) in [6, 6.07) is 3.83. The second-order valence-electron chi connectivity index (χ2n) is 9.46. The number of pyridine rings is 1. The Morgan fingerprint density at radius 1 is 1.17 bits per heavy atom. The lowest BCUT2D eigenvalue weighted by Gasteiger charge is -2.29. The van der Waals surface area contributed by atoms with Crippen LogP contribution in [0.15, 0.2) is 34.9 Å². The van der Waals surface area contributed by atoms with Crippen molar-refractivity contribution in [3.63, 3.8) is 0 Å². The van der Waals surface area contributed by atoms with E-state index in [4.69, 9.17) is 21.1 Å². The minimum atomic E-state index is 0.644. The number of nitrogens with zero attached hydrogens (tertiary/aromatic N) is 4. The maximum absolute atomic E-state index is 10.2. The molecule has 7 nitrogen and oxygen atoms in total. The molecule has 0 spiro atoms. The third-order valence-electron chi connectivity index (χ3n) is 6.88. The number of piperazine rings is 1. The molecule has 1 amide bonds. The van der Waals surface area contributed by atoms with Gasteiger partial charge in [0, 0.05) is 55.2 Å². The fourth-order valence-electron chi connectivity index (χ4n) is 4.61. The van der Waals surface area contributed by atoms with Crippen molar-refractivity contribution in [2.75, 3.05) is 39.0 Å². The Morgan fingerprint density at radius 3 is 2.47 bits per heavy atom. The van der Waals surface area contributed by atoms with Crippen molar-refractivity contribution in [2.45, 2.75) is 52.9 Å². The number of hydrogen-bond donors (Lipinski definition) is 2. The predicted molar refractivity (Wildman–Crippen MR) is 152 cm³/mol. The number of anilines is 1. The van der Waals surface area contributed by atoms with Gasteiger partial charge in [-0.3, -0.25) is 9.79 Å². The van der Waals surface area contributed by atoms with Gasteiger partial charge in [-0.15, -0.1) is 0 Å². The molecule has 0 bridgehead atoms. The first-order valence-corrected chi connectivity index (χ1v) is 12.9. The van der Waals surface area contributed by atoms with Gasteiger partial charge in [0.1, 0.15) is 0 Å². The number of benzene rings is 1. The Morgan fingerprint density at radius 2 is 1.86 bits per heavy atom. The third-order valence-corrected chi connectivity index (χ3v) is 6.88. The lowest BCUT2D eigenvalue weighted by atomic mass is 9.85. The van der Waals surface area contributed by atoms with Crippen LogP contribution in [-0.4, -0.2) is 66.8 Å². The van der Waals surface area contributed by atoms with Gasteiger partial charge in [-0.05, 0) is 81.8 Å². The molecule has 1 aliphatic carbocycles. The molecule has 4 rings (SSSR count). The molecule has 36 heavy (non-hydrogen) atoms. The van der Waals surface area contributed by atoms with Crippen LogP contribution in [0.3, 0.4) is 0 Å². The molecule has 7 heteroatoms. The van der Waals surface area contributed by atoms with Crippen LogP contribution in [0.5, 0.6) is 0 Å². The number of nitrogens with two attached hydrogens (primary N) is 1. The summed E-state index contributed by atoms with van der Waals surface area (Å²) in [4.78, 5) is 24.0. The van der Waals surface area contributed by atoms with Crippen molar-refractivity contribution in [1.29, 1.82) is 5.41 Å². The molecule has 1 fully saturated rings. The smallest absolute Gasteiger partial charge is 0.209 e. The van der Waals surface area contributed by atoms with Gasteiger partial charge < -0.3 is 20.9 Å². The number of fused-ring (bicyclic) bond motifs is 3. The molecule has 2 heterocycles. The Kier molecular flexibility index (Phi) is 9.94. The Hall–Kier alpha value is -3.32. The van der Waals surface area contributed by atoms with Crippen molar-refractivity contribution in [3.05, 3.63) is 52.2 Å². The van der Waals surface area contributed by atoms with E-state index >= 15 is 0 Å². The standard InChI is InChI=1S/C23H28N4.C6H12N2O/c1-4-8-21(26-14-15(3)5-2)23-17-10-7-6-9-16(17)22-18(13-24)19(25)11-12-20(22)27-23;1-7-2-4-8(6-9)5-3-7/h5,8,11-14,24H,4,6-7,9-10,25H2,1-3H3;6H,2-5H2,1H3/b15-5-,21-8+,24-13?,26-14+;. The average Bonchev–Trinajstić information content (AvgIpc) is 2.91. The van der Waals surface area contributed by atoms with E-state index < -0.39 is 0 Å². The molecule has 0 unspecified atom stereocenters. The quantitative estimate of drug-likeness (QED) is 0.344. The number of carbonyl (C=O) groups excluding carboxylic acids is 1. The van der Waals surface area contributed by atoms with Crippen LogP contribution in [0.25, 0.3) is 16.6 Å². The minimum Gasteiger partial charge on any atom is -0.398 e. The van der Waals surface area contributed by atoms with Crippen LogP contribution in [0.1, 0.15) is 62.4 Å². The van der Waals surface area contributed by atoms with Crippen LogP contribution in [0.2, 0.25) is 0 Å². The number of nitrogens with one attached hydrogen (secondary N) is 1. The highest BCUT2D eigenvalue weighted by molar-refractivity contribution is 6.05. The minimum absolute atomic E-state index is 0.644. The van der Waals surface area contributed by atoms with E-state index in [1.165, 1.54) is 17.3 Å². The van der Waals surface area contributed by atoms with E-state index in [0.29, 0.717) is 5.69 Å². The number of likely N-dealkylation sites (N-methyl/N-ethyl adjacent to an activating group) is 1. The summed E-state index contributed by atoms with van der Waals surface area (Å²) in [6.45, 7) is 10.00. The van der Waals surface area contributed by atoms with Crippen LogP contribution in [-0.2, 0) is 17.6 Å². The van der Waals surface area contributed by atoms with Crippen LogP contribution < -0.4 is 5.73 Å². The summed E-state index contributed by atoms with van der Waals surface area (Å²) in [5.74, 6) is 0. The van der Waals surface area contributed by atoms with E-state index in [9.17, 15) is 4.79 Å². The highest BCUT2D eigenvalue weighted by Crippen LogP contribution is 2.36. The summed E-state index contributed by atoms with van der Waals surface area (Å²) < 4.78 is 0. The molecule has 1 saturated heterocycles. The van der Waals surface area contributed by atoms with E-state index in [1.807, 2.05) is 25.3 Å². The summed E-state index contributed by atoms with van der Waals surface area (Å²) in [5, 5.41) is 8.90. The van der Waals surface area contributed by atoms with Gasteiger partial charge in [0.05, 0.1) is 16.9 Å². The number of allylic oxidation sites excluding steroid dienone is 3. The summed E-state index contributed by atoms with van der Waals surface area (Å²) in [6.07, 6.45) is 13.6. The number of aliphatic imine (C=N–C) groups is 1. The number of aromatic nitrogens is 1. The molecule has 0 atom stereocenters. The third kappa shape index (κ3) is 6.46. The largest absolute Gasteiger partial charge is 0.398 e. The van der Waals surface area contributed by atoms with Crippen LogP contribution in [0, 0.1) is 5.41 Å². The lowest BCUT2D eigenvalue weighted by Crippen LogP contribution is -2.43. The fraction of sp³-hybridized carbons (Fsp3) is 0.448. The number of rotatable bonds is 6. The van der Waals surface area contributed by atoms with Crippen molar-refractivity contribution in [1.82, 2.24) is 14.8 Å². The van der Waals surface area contributed by atoms with E-state index in [-0.39, 0.29) is 0 Å². The van der Waals surface area contributed by atoms with Crippen LogP contribution >= 0.6 is 0 Å². The van der Waals surface area contributed by atoms with Crippen molar-refractivity contribution >= 4 is 41.1 Å². The topological polar surface area (TPSA) is 98.7 Å². The van der Waals surface area contributed by atoms with E-state index in [0.717, 1.165) is 98.1 Å². The molecular weight excluding hydrogens is 448 g/mol. The summed E-state index contributed by atoms with van der Waals surface area (Å²) in [5.41, 5.74) is 14.1. The first kappa shape index (κ1) is 27.3. The zero-order valence-corrected chi connectivity index (χ0v) is 22.2. The van der Waals surface area contributed by atoms with Gasteiger partial charge in [0.2, 0.25) is 6.41 Å². The molecule has 1 aliphatic heterocycles. The normalized spacial score (nSPS) is 17.1. The summed E-state index contributed by atoms with van der Waals surface area (Å²) >= 11 is 0. The Bertz CT molecular complexity index is 1170. The molecule has 2 aromatic rings. The van der Waals surface area contributed by atoms with Crippen molar-refractivity contribution < 1.29 is 4.79 Å². The molecule has 192 valence electrons. The van der Waals surface area contributed by atoms with Crippen molar-refractivity contribution in [2.24, 2.45) is 4.99 Å². The van der Waals surface area contributed by atoms with Gasteiger partial charge in [-0.1, -0.05) is 19.1 Å². The molecule has 0 radical (unpaired) electrons. The maximum atomic E-state index is 10.2. The number of hydrogen-bond acceptors (Lipinski definition) is 6. The zero-order valence-electron chi connectivity index (χ0n) is 22.2. The number of aryl methyl sites for hydroxylation is 1. The second-order valence-corrected chi connectivity index (χ2v) is 9.46.